The molecular weight excluding hydrogens is 364 g/mol. The molecule has 138 valence electrons. The monoisotopic (exact) mass is 375 g/mol. The predicted molar refractivity (Wildman–Crippen MR) is 79.2 cm³/mol. The smallest absolute Gasteiger partial charge is 0.443 e. The van der Waals surface area contributed by atoms with Crippen molar-refractivity contribution in [1.82, 2.24) is 0 Å². The molecule has 9 heteroatoms. The van der Waals surface area contributed by atoms with Crippen molar-refractivity contribution in [2.45, 2.75) is 24.4 Å². The molecule has 3 rings (SSSR count). The van der Waals surface area contributed by atoms with Crippen LogP contribution in [0.5, 0.6) is 0 Å². The first-order chi connectivity index (χ1) is 12.1. The molecule has 1 aliphatic rings. The molecule has 0 N–H and O–H groups in total. The van der Waals surface area contributed by atoms with Gasteiger partial charge in [-0.05, 0) is 12.1 Å². The van der Waals surface area contributed by atoms with Crippen LogP contribution in [0.1, 0.15) is 17.4 Å². The van der Waals surface area contributed by atoms with Gasteiger partial charge in [0.1, 0.15) is 0 Å². The van der Waals surface area contributed by atoms with E-state index in [1.165, 1.54) is 48.5 Å². The highest BCUT2D eigenvalue weighted by molar-refractivity contribution is 5.94. The van der Waals surface area contributed by atoms with Gasteiger partial charge in [-0.15, -0.1) is 0 Å². The Bertz CT molecular complexity index is 772. The van der Waals surface area contributed by atoms with E-state index in [1.54, 1.807) is 12.1 Å². The maximum absolute atomic E-state index is 13.5. The largest absolute Gasteiger partial charge is 0.448 e. The molecule has 0 saturated heterocycles. The number of ether oxygens (including phenoxy) is 2. The number of hydrogen-bond acceptors (Lipinski definition) is 3. The van der Waals surface area contributed by atoms with Crippen molar-refractivity contribution >= 4 is 5.90 Å². The molecule has 2 aromatic rings. The van der Waals surface area contributed by atoms with E-state index in [9.17, 15) is 26.3 Å². The Morgan fingerprint density at radius 3 is 1.77 bits per heavy atom. The Morgan fingerprint density at radius 2 is 1.27 bits per heavy atom. The van der Waals surface area contributed by atoms with Crippen LogP contribution < -0.4 is 0 Å². The summed E-state index contributed by atoms with van der Waals surface area (Å²) < 4.78 is 90.4. The fraction of sp³-hybridized carbons (Fsp3) is 0.235. The van der Waals surface area contributed by atoms with Crippen molar-refractivity contribution in [2.75, 3.05) is 0 Å². The zero-order valence-electron chi connectivity index (χ0n) is 12.9. The summed E-state index contributed by atoms with van der Waals surface area (Å²) in [4.78, 5) is 2.82. The van der Waals surface area contributed by atoms with E-state index in [1.807, 2.05) is 0 Å². The van der Waals surface area contributed by atoms with Crippen molar-refractivity contribution in [1.29, 1.82) is 0 Å². The fourth-order valence-corrected chi connectivity index (χ4v) is 2.36. The molecule has 0 spiro atoms. The zero-order valence-corrected chi connectivity index (χ0v) is 12.9. The summed E-state index contributed by atoms with van der Waals surface area (Å²) in [5.41, 5.74) is -4.77. The lowest BCUT2D eigenvalue weighted by molar-refractivity contribution is -0.410. The minimum Gasteiger partial charge on any atom is -0.443 e. The summed E-state index contributed by atoms with van der Waals surface area (Å²) in [6, 6.07) is 14.1. The van der Waals surface area contributed by atoms with Crippen molar-refractivity contribution in [3.63, 3.8) is 0 Å². The summed E-state index contributed by atoms with van der Waals surface area (Å²) >= 11 is 0. The molecule has 0 fully saturated rings. The van der Waals surface area contributed by atoms with E-state index in [0.717, 1.165) is 0 Å². The van der Waals surface area contributed by atoms with Gasteiger partial charge in [0, 0.05) is 11.1 Å². The van der Waals surface area contributed by atoms with Gasteiger partial charge >= 0.3 is 18.1 Å². The summed E-state index contributed by atoms with van der Waals surface area (Å²) in [6.07, 6.45) is -13.6. The number of alkyl halides is 6. The zero-order chi connectivity index (χ0) is 19.0. The van der Waals surface area contributed by atoms with Crippen molar-refractivity contribution in [3.05, 3.63) is 71.8 Å². The van der Waals surface area contributed by atoms with Crippen LogP contribution in [0, 0.1) is 0 Å². The van der Waals surface area contributed by atoms with Gasteiger partial charge in [0.2, 0.25) is 12.2 Å². The SMILES string of the molecule is FC(F)(F)C1(C(F)(F)F)N=C(c2ccccc2)OC(c2ccccc2)O1. The Kier molecular flexibility index (Phi) is 4.43. The molecule has 1 heterocycles. The second-order valence-electron chi connectivity index (χ2n) is 5.40. The first-order valence-electron chi connectivity index (χ1n) is 7.32. The van der Waals surface area contributed by atoms with Gasteiger partial charge < -0.3 is 4.74 Å². The minimum absolute atomic E-state index is 0.00583. The average molecular weight is 375 g/mol. The number of aliphatic imine (C=N–C) groups is 1. The number of rotatable bonds is 2. The Balaban J connectivity index is 2.18. The second kappa shape index (κ2) is 6.31. The minimum atomic E-state index is -5.85. The lowest BCUT2D eigenvalue weighted by Crippen LogP contribution is -2.60. The lowest BCUT2D eigenvalue weighted by Gasteiger charge is -2.40. The molecular formula is C17H11F6NO2. The summed E-state index contributed by atoms with van der Waals surface area (Å²) in [5, 5.41) is 0. The lowest BCUT2D eigenvalue weighted by atomic mass is 10.1. The van der Waals surface area contributed by atoms with E-state index in [-0.39, 0.29) is 11.1 Å². The third kappa shape index (κ3) is 3.14. The molecule has 0 aromatic heterocycles. The maximum atomic E-state index is 13.5. The van der Waals surface area contributed by atoms with Crippen LogP contribution in [-0.2, 0) is 9.47 Å². The number of benzene rings is 2. The summed E-state index contributed by atoms with van der Waals surface area (Å²) in [5.74, 6) is -0.805. The second-order valence-corrected chi connectivity index (χ2v) is 5.40. The Hall–Kier alpha value is -2.55. The van der Waals surface area contributed by atoms with Gasteiger partial charge in [-0.1, -0.05) is 48.5 Å². The van der Waals surface area contributed by atoms with Gasteiger partial charge in [-0.3, -0.25) is 4.74 Å². The van der Waals surface area contributed by atoms with Gasteiger partial charge in [-0.2, -0.15) is 31.3 Å². The molecule has 0 aliphatic carbocycles. The predicted octanol–water partition coefficient (Wildman–Crippen LogP) is 5.00. The fourth-order valence-electron chi connectivity index (χ4n) is 2.36. The quantitative estimate of drug-likeness (QED) is 0.692. The van der Waals surface area contributed by atoms with Gasteiger partial charge in [0.25, 0.3) is 0 Å². The van der Waals surface area contributed by atoms with Gasteiger partial charge in [0.05, 0.1) is 0 Å². The van der Waals surface area contributed by atoms with Crippen LogP contribution in [0.25, 0.3) is 0 Å². The van der Waals surface area contributed by atoms with E-state index in [0.29, 0.717) is 0 Å². The van der Waals surface area contributed by atoms with Crippen molar-refractivity contribution in [2.24, 2.45) is 4.99 Å². The Labute approximate surface area is 143 Å². The highest BCUT2D eigenvalue weighted by Gasteiger charge is 2.75. The molecule has 26 heavy (non-hydrogen) atoms. The maximum Gasteiger partial charge on any atom is 0.448 e. The normalized spacial score (nSPS) is 20.2. The van der Waals surface area contributed by atoms with E-state index >= 15 is 0 Å². The van der Waals surface area contributed by atoms with Crippen LogP contribution in [0.4, 0.5) is 26.3 Å². The summed E-state index contributed by atoms with van der Waals surface area (Å²) in [7, 11) is 0. The molecule has 1 unspecified atom stereocenters. The van der Waals surface area contributed by atoms with E-state index in [4.69, 9.17) is 4.74 Å². The number of nitrogens with zero attached hydrogens (tertiary/aromatic N) is 1. The van der Waals surface area contributed by atoms with Crippen LogP contribution >= 0.6 is 0 Å². The molecule has 0 bridgehead atoms. The van der Waals surface area contributed by atoms with Crippen molar-refractivity contribution < 1.29 is 35.8 Å². The number of hydrogen-bond donors (Lipinski definition) is 0. The summed E-state index contributed by atoms with van der Waals surface area (Å²) in [6.45, 7) is 0. The van der Waals surface area contributed by atoms with Gasteiger partial charge in [0.15, 0.2) is 0 Å². The highest BCUT2D eigenvalue weighted by Crippen LogP contribution is 2.51. The molecule has 1 aliphatic heterocycles. The van der Waals surface area contributed by atoms with Crippen LogP contribution in [-0.4, -0.2) is 24.0 Å². The first-order valence-corrected chi connectivity index (χ1v) is 7.32. The molecule has 0 radical (unpaired) electrons. The van der Waals surface area contributed by atoms with E-state index < -0.39 is 30.3 Å². The molecule has 3 nitrogen and oxygen atoms in total. The van der Waals surface area contributed by atoms with Crippen LogP contribution in [0.2, 0.25) is 0 Å². The third-order valence-electron chi connectivity index (χ3n) is 3.62. The van der Waals surface area contributed by atoms with Crippen LogP contribution in [0.15, 0.2) is 65.7 Å². The van der Waals surface area contributed by atoms with Crippen molar-refractivity contribution in [3.8, 4) is 0 Å². The van der Waals surface area contributed by atoms with Gasteiger partial charge in [-0.25, -0.2) is 0 Å². The molecule has 0 amide bonds. The van der Waals surface area contributed by atoms with E-state index in [2.05, 4.69) is 9.73 Å². The standard InChI is InChI=1S/C17H11F6NO2/c18-16(19,20)15(17(21,22)23)24-13(11-7-3-1-4-8-11)25-14(26-15)12-9-5-2-6-10-12/h1-10,14H. The first kappa shape index (κ1) is 18.2. The highest BCUT2D eigenvalue weighted by atomic mass is 19.4. The third-order valence-corrected chi connectivity index (χ3v) is 3.62. The molecule has 1 atom stereocenters. The molecule has 0 saturated carbocycles. The average Bonchev–Trinajstić information content (AvgIpc) is 2.61. The Morgan fingerprint density at radius 1 is 0.769 bits per heavy atom. The number of halogens is 6. The molecule has 2 aromatic carbocycles. The topological polar surface area (TPSA) is 30.8 Å². The van der Waals surface area contributed by atoms with Crippen LogP contribution in [0.3, 0.4) is 0 Å².